The van der Waals surface area contributed by atoms with Crippen LogP contribution < -0.4 is 10.1 Å². The predicted octanol–water partition coefficient (Wildman–Crippen LogP) is 4.76. The third-order valence-corrected chi connectivity index (χ3v) is 4.63. The summed E-state index contributed by atoms with van der Waals surface area (Å²) in [7, 11) is 0. The highest BCUT2D eigenvalue weighted by Crippen LogP contribution is 2.33. The Morgan fingerprint density at radius 2 is 1.63 bits per heavy atom. The van der Waals surface area contributed by atoms with Gasteiger partial charge in [0.1, 0.15) is 5.75 Å². The number of benzene rings is 3. The number of non-ortho nitro benzene ring substituents is 1. The smallest absolute Gasteiger partial charge is 0.269 e. The molecule has 0 unspecified atom stereocenters. The molecular weight excluding hydrogens is 364 g/mol. The van der Waals surface area contributed by atoms with Crippen molar-refractivity contribution >= 4 is 29.0 Å². The number of carbonyl (C=O) groups excluding carboxylic acids is 1. The normalized spacial score (nSPS) is 10.2. The van der Waals surface area contributed by atoms with Gasteiger partial charge in [-0.1, -0.05) is 42.1 Å². The molecule has 0 fully saturated rings. The molecule has 7 heteroatoms. The van der Waals surface area contributed by atoms with Gasteiger partial charge in [-0.15, -0.1) is 0 Å². The summed E-state index contributed by atoms with van der Waals surface area (Å²) >= 11 is 1.56. The molecule has 0 aliphatic heterocycles. The molecular formula is C20H16N2O4S. The largest absolute Gasteiger partial charge is 0.484 e. The molecule has 0 aliphatic carbocycles. The molecule has 136 valence electrons. The SMILES string of the molecule is O=C(COc1ccc([N+](=O)[O-])cc1)Nc1ccccc1Sc1ccccc1. The van der Waals surface area contributed by atoms with Gasteiger partial charge in [0.15, 0.2) is 6.61 Å². The van der Waals surface area contributed by atoms with Gasteiger partial charge in [0.2, 0.25) is 0 Å². The van der Waals surface area contributed by atoms with Crippen LogP contribution in [0.2, 0.25) is 0 Å². The quantitative estimate of drug-likeness (QED) is 0.472. The van der Waals surface area contributed by atoms with Crippen molar-refractivity contribution in [3.8, 4) is 5.75 Å². The van der Waals surface area contributed by atoms with Crippen LogP contribution in [-0.4, -0.2) is 17.4 Å². The van der Waals surface area contributed by atoms with E-state index in [4.69, 9.17) is 4.74 Å². The molecule has 0 saturated heterocycles. The van der Waals surface area contributed by atoms with Crippen LogP contribution in [0.25, 0.3) is 0 Å². The number of nitro benzene ring substituents is 1. The van der Waals surface area contributed by atoms with Crippen molar-refractivity contribution in [3.05, 3.63) is 89.0 Å². The Morgan fingerprint density at radius 3 is 2.33 bits per heavy atom. The second kappa shape index (κ2) is 8.86. The van der Waals surface area contributed by atoms with Crippen LogP contribution >= 0.6 is 11.8 Å². The van der Waals surface area contributed by atoms with Crippen LogP contribution in [0.4, 0.5) is 11.4 Å². The Hall–Kier alpha value is -3.32. The molecule has 0 heterocycles. The summed E-state index contributed by atoms with van der Waals surface area (Å²) in [4.78, 5) is 24.4. The average molecular weight is 380 g/mol. The number of rotatable bonds is 7. The number of anilines is 1. The fraction of sp³-hybridized carbons (Fsp3) is 0.0500. The van der Waals surface area contributed by atoms with Crippen molar-refractivity contribution < 1.29 is 14.5 Å². The van der Waals surface area contributed by atoms with Gasteiger partial charge in [-0.2, -0.15) is 0 Å². The predicted molar refractivity (Wildman–Crippen MR) is 104 cm³/mol. The Bertz CT molecular complexity index is 930. The number of ether oxygens (including phenoxy) is 1. The van der Waals surface area contributed by atoms with E-state index in [1.807, 2.05) is 54.6 Å². The van der Waals surface area contributed by atoms with Crippen molar-refractivity contribution in [2.45, 2.75) is 9.79 Å². The summed E-state index contributed by atoms with van der Waals surface area (Å²) in [6.07, 6.45) is 0. The van der Waals surface area contributed by atoms with Crippen LogP contribution in [0.5, 0.6) is 5.75 Å². The van der Waals surface area contributed by atoms with Crippen molar-refractivity contribution in [2.75, 3.05) is 11.9 Å². The number of nitrogens with one attached hydrogen (secondary N) is 1. The molecule has 3 aromatic carbocycles. The van der Waals surface area contributed by atoms with E-state index in [2.05, 4.69) is 5.32 Å². The highest BCUT2D eigenvalue weighted by atomic mass is 32.2. The average Bonchev–Trinajstić information content (AvgIpc) is 2.69. The first kappa shape index (κ1) is 18.5. The third-order valence-electron chi connectivity index (χ3n) is 3.55. The van der Waals surface area contributed by atoms with Crippen molar-refractivity contribution in [1.29, 1.82) is 0 Å². The molecule has 0 saturated carbocycles. The number of carbonyl (C=O) groups is 1. The minimum absolute atomic E-state index is 0.0290. The van der Waals surface area contributed by atoms with Gasteiger partial charge < -0.3 is 10.1 Å². The number of hydrogen-bond acceptors (Lipinski definition) is 5. The molecule has 0 bridgehead atoms. The topological polar surface area (TPSA) is 81.5 Å². The molecule has 0 radical (unpaired) electrons. The molecule has 27 heavy (non-hydrogen) atoms. The molecule has 0 atom stereocenters. The zero-order valence-corrected chi connectivity index (χ0v) is 15.0. The maximum Gasteiger partial charge on any atom is 0.269 e. The lowest BCUT2D eigenvalue weighted by molar-refractivity contribution is -0.384. The van der Waals surface area contributed by atoms with Gasteiger partial charge in [-0.25, -0.2) is 0 Å². The van der Waals surface area contributed by atoms with Crippen LogP contribution in [0.1, 0.15) is 0 Å². The maximum absolute atomic E-state index is 12.2. The monoisotopic (exact) mass is 380 g/mol. The van der Waals surface area contributed by atoms with E-state index in [0.717, 1.165) is 9.79 Å². The Morgan fingerprint density at radius 1 is 0.963 bits per heavy atom. The van der Waals surface area contributed by atoms with E-state index in [9.17, 15) is 14.9 Å². The maximum atomic E-state index is 12.2. The molecule has 3 rings (SSSR count). The minimum Gasteiger partial charge on any atom is -0.484 e. The first-order valence-corrected chi connectivity index (χ1v) is 8.92. The molecule has 1 N–H and O–H groups in total. The van der Waals surface area contributed by atoms with Crippen molar-refractivity contribution in [2.24, 2.45) is 0 Å². The molecule has 0 aromatic heterocycles. The molecule has 0 aliphatic rings. The van der Waals surface area contributed by atoms with Gasteiger partial charge in [-0.05, 0) is 36.4 Å². The summed E-state index contributed by atoms with van der Waals surface area (Å²) < 4.78 is 5.39. The van der Waals surface area contributed by atoms with Crippen LogP contribution in [0.15, 0.2) is 88.7 Å². The standard InChI is InChI=1S/C20H16N2O4S/c23-20(14-26-16-12-10-15(11-13-16)22(24)25)21-18-8-4-5-9-19(18)27-17-6-2-1-3-7-17/h1-13H,14H2,(H,21,23). The van der Waals surface area contributed by atoms with E-state index >= 15 is 0 Å². The van der Waals surface area contributed by atoms with E-state index in [1.165, 1.54) is 24.3 Å². The summed E-state index contributed by atoms with van der Waals surface area (Å²) in [5, 5.41) is 13.5. The molecule has 6 nitrogen and oxygen atoms in total. The van der Waals surface area contributed by atoms with Crippen molar-refractivity contribution in [3.63, 3.8) is 0 Å². The van der Waals surface area contributed by atoms with Crippen LogP contribution in [0, 0.1) is 10.1 Å². The Kier molecular flexibility index (Phi) is 6.06. The zero-order valence-electron chi connectivity index (χ0n) is 14.2. The lowest BCUT2D eigenvalue weighted by Crippen LogP contribution is -2.20. The number of amides is 1. The number of nitrogens with zero attached hydrogens (tertiary/aromatic N) is 1. The number of para-hydroxylation sites is 1. The van der Waals surface area contributed by atoms with Gasteiger partial charge in [0, 0.05) is 21.9 Å². The molecule has 0 spiro atoms. The van der Waals surface area contributed by atoms with Crippen LogP contribution in [-0.2, 0) is 4.79 Å². The lowest BCUT2D eigenvalue weighted by Gasteiger charge is -2.11. The first-order valence-electron chi connectivity index (χ1n) is 8.11. The van der Waals surface area contributed by atoms with E-state index in [-0.39, 0.29) is 18.2 Å². The second-order valence-corrected chi connectivity index (χ2v) is 6.61. The summed E-state index contributed by atoms with van der Waals surface area (Å²) in [6.45, 7) is -0.192. The summed E-state index contributed by atoms with van der Waals surface area (Å²) in [5.74, 6) is 0.0807. The fourth-order valence-corrected chi connectivity index (χ4v) is 3.20. The highest BCUT2D eigenvalue weighted by molar-refractivity contribution is 7.99. The van der Waals surface area contributed by atoms with E-state index in [1.54, 1.807) is 11.8 Å². The van der Waals surface area contributed by atoms with E-state index in [0.29, 0.717) is 11.4 Å². The van der Waals surface area contributed by atoms with Crippen molar-refractivity contribution in [1.82, 2.24) is 0 Å². The molecule has 3 aromatic rings. The first-order chi connectivity index (χ1) is 13.1. The van der Waals surface area contributed by atoms with Gasteiger partial charge in [-0.3, -0.25) is 14.9 Å². The number of hydrogen-bond donors (Lipinski definition) is 1. The van der Waals surface area contributed by atoms with Gasteiger partial charge in [0.05, 0.1) is 10.6 Å². The lowest BCUT2D eigenvalue weighted by atomic mass is 10.3. The van der Waals surface area contributed by atoms with Gasteiger partial charge in [0.25, 0.3) is 11.6 Å². The fourth-order valence-electron chi connectivity index (χ4n) is 2.27. The highest BCUT2D eigenvalue weighted by Gasteiger charge is 2.10. The molecule has 1 amide bonds. The zero-order chi connectivity index (χ0) is 19.1. The Labute approximate surface area is 160 Å². The minimum atomic E-state index is -0.488. The van der Waals surface area contributed by atoms with E-state index < -0.39 is 4.92 Å². The second-order valence-electron chi connectivity index (χ2n) is 5.50. The number of nitro groups is 1. The Balaban J connectivity index is 1.60. The van der Waals surface area contributed by atoms with Gasteiger partial charge >= 0.3 is 0 Å². The summed E-state index contributed by atoms with van der Waals surface area (Å²) in [5.41, 5.74) is 0.669. The summed E-state index contributed by atoms with van der Waals surface area (Å²) in [6, 6.07) is 23.0. The van der Waals surface area contributed by atoms with Crippen LogP contribution in [0.3, 0.4) is 0 Å². The third kappa shape index (κ3) is 5.32.